The zero-order valence-corrected chi connectivity index (χ0v) is 10.0. The van der Waals surface area contributed by atoms with E-state index < -0.39 is 5.54 Å². The summed E-state index contributed by atoms with van der Waals surface area (Å²) in [5.74, 6) is -0.0767. The van der Waals surface area contributed by atoms with E-state index in [0.717, 1.165) is 5.56 Å². The van der Waals surface area contributed by atoms with E-state index in [0.29, 0.717) is 13.0 Å². The third-order valence-corrected chi connectivity index (χ3v) is 2.20. The highest BCUT2D eigenvalue weighted by molar-refractivity contribution is 5.76. The van der Waals surface area contributed by atoms with E-state index >= 15 is 0 Å². The monoisotopic (exact) mass is 225 g/mol. The van der Waals surface area contributed by atoms with Gasteiger partial charge in [-0.25, -0.2) is 0 Å². The van der Waals surface area contributed by atoms with Crippen molar-refractivity contribution in [3.05, 3.63) is 18.0 Å². The van der Waals surface area contributed by atoms with Crippen molar-refractivity contribution in [2.75, 3.05) is 6.61 Å². The number of aliphatic hydroxyl groups excluding tert-OH is 1. The van der Waals surface area contributed by atoms with Gasteiger partial charge in [-0.05, 0) is 26.3 Å². The molecule has 0 saturated heterocycles. The number of aromatic nitrogens is 2. The zero-order valence-electron chi connectivity index (χ0n) is 10.0. The number of rotatable bonds is 5. The fraction of sp³-hybridized carbons (Fsp3) is 0.636. The van der Waals surface area contributed by atoms with E-state index in [1.807, 2.05) is 13.1 Å². The van der Waals surface area contributed by atoms with Crippen molar-refractivity contribution in [3.63, 3.8) is 0 Å². The SMILES string of the molecule is Cc1cnn(CCC(=O)NC(C)(C)CO)c1. The lowest BCUT2D eigenvalue weighted by atomic mass is 10.1. The minimum atomic E-state index is -0.558. The zero-order chi connectivity index (χ0) is 12.2. The summed E-state index contributed by atoms with van der Waals surface area (Å²) in [6.07, 6.45) is 4.02. The first-order valence-corrected chi connectivity index (χ1v) is 5.34. The number of hydrogen-bond acceptors (Lipinski definition) is 3. The Labute approximate surface area is 95.5 Å². The summed E-state index contributed by atoms with van der Waals surface area (Å²) in [4.78, 5) is 11.5. The van der Waals surface area contributed by atoms with Gasteiger partial charge in [0.25, 0.3) is 0 Å². The molecule has 0 unspecified atom stereocenters. The second kappa shape index (κ2) is 5.12. The summed E-state index contributed by atoms with van der Waals surface area (Å²) in [7, 11) is 0. The van der Waals surface area contributed by atoms with E-state index in [-0.39, 0.29) is 12.5 Å². The fourth-order valence-corrected chi connectivity index (χ4v) is 1.28. The number of aliphatic hydroxyl groups is 1. The first kappa shape index (κ1) is 12.7. The van der Waals surface area contributed by atoms with Crippen LogP contribution in [0.5, 0.6) is 0 Å². The van der Waals surface area contributed by atoms with Crippen LogP contribution < -0.4 is 5.32 Å². The predicted molar refractivity (Wildman–Crippen MR) is 60.9 cm³/mol. The Balaban J connectivity index is 2.36. The minimum Gasteiger partial charge on any atom is -0.394 e. The highest BCUT2D eigenvalue weighted by Gasteiger charge is 2.18. The lowest BCUT2D eigenvalue weighted by Gasteiger charge is -2.23. The molecule has 1 aromatic rings. The average molecular weight is 225 g/mol. The highest BCUT2D eigenvalue weighted by atomic mass is 16.3. The number of aryl methyl sites for hydroxylation is 2. The molecule has 0 radical (unpaired) electrons. The summed E-state index contributed by atoms with van der Waals surface area (Å²) in [5, 5.41) is 15.8. The molecular weight excluding hydrogens is 206 g/mol. The smallest absolute Gasteiger partial charge is 0.222 e. The summed E-state index contributed by atoms with van der Waals surface area (Å²) < 4.78 is 1.74. The normalized spacial score (nSPS) is 11.5. The number of nitrogens with zero attached hydrogens (tertiary/aromatic N) is 2. The van der Waals surface area contributed by atoms with Gasteiger partial charge in [-0.15, -0.1) is 0 Å². The molecule has 1 heterocycles. The van der Waals surface area contributed by atoms with Crippen LogP contribution in [0.1, 0.15) is 25.8 Å². The molecule has 0 atom stereocenters. The van der Waals surface area contributed by atoms with Crippen molar-refractivity contribution in [2.24, 2.45) is 0 Å². The van der Waals surface area contributed by atoms with Crippen molar-refractivity contribution in [1.82, 2.24) is 15.1 Å². The maximum absolute atomic E-state index is 11.5. The largest absolute Gasteiger partial charge is 0.394 e. The quantitative estimate of drug-likeness (QED) is 0.765. The molecule has 0 spiro atoms. The molecule has 0 aromatic carbocycles. The topological polar surface area (TPSA) is 67.2 Å². The third-order valence-electron chi connectivity index (χ3n) is 2.20. The third kappa shape index (κ3) is 4.02. The lowest BCUT2D eigenvalue weighted by Crippen LogP contribution is -2.46. The van der Waals surface area contributed by atoms with Crippen LogP contribution in [0, 0.1) is 6.92 Å². The van der Waals surface area contributed by atoms with E-state index in [9.17, 15) is 4.79 Å². The van der Waals surface area contributed by atoms with Crippen LogP contribution in [0.15, 0.2) is 12.4 Å². The number of carbonyl (C=O) groups excluding carboxylic acids is 1. The van der Waals surface area contributed by atoms with Crippen molar-refractivity contribution < 1.29 is 9.90 Å². The number of nitrogens with one attached hydrogen (secondary N) is 1. The first-order valence-electron chi connectivity index (χ1n) is 5.34. The van der Waals surface area contributed by atoms with Crippen LogP contribution in [0.2, 0.25) is 0 Å². The minimum absolute atomic E-state index is 0.0698. The second-order valence-corrected chi connectivity index (χ2v) is 4.62. The van der Waals surface area contributed by atoms with Gasteiger partial charge in [0.15, 0.2) is 0 Å². The molecule has 0 bridgehead atoms. The van der Waals surface area contributed by atoms with Gasteiger partial charge in [0.2, 0.25) is 5.91 Å². The maximum Gasteiger partial charge on any atom is 0.222 e. The first-order chi connectivity index (χ1) is 7.43. The summed E-state index contributed by atoms with van der Waals surface area (Å²) in [5.41, 5.74) is 0.521. The predicted octanol–water partition coefficient (Wildman–Crippen LogP) is 0.469. The van der Waals surface area contributed by atoms with Gasteiger partial charge in [-0.1, -0.05) is 0 Å². The van der Waals surface area contributed by atoms with Crippen LogP contribution in [0.25, 0.3) is 0 Å². The summed E-state index contributed by atoms with van der Waals surface area (Å²) in [6, 6.07) is 0. The Morgan fingerprint density at radius 3 is 2.81 bits per heavy atom. The van der Waals surface area contributed by atoms with E-state index in [4.69, 9.17) is 5.11 Å². The molecule has 90 valence electrons. The van der Waals surface area contributed by atoms with Gasteiger partial charge >= 0.3 is 0 Å². The number of hydrogen-bond donors (Lipinski definition) is 2. The molecule has 1 amide bonds. The Morgan fingerprint density at radius 1 is 1.62 bits per heavy atom. The van der Waals surface area contributed by atoms with Gasteiger partial charge in [-0.2, -0.15) is 5.10 Å². The molecule has 0 aliphatic heterocycles. The number of amides is 1. The molecule has 1 rings (SSSR count). The summed E-state index contributed by atoms with van der Waals surface area (Å²) >= 11 is 0. The van der Waals surface area contributed by atoms with Gasteiger partial charge in [-0.3, -0.25) is 9.48 Å². The van der Waals surface area contributed by atoms with Crippen molar-refractivity contribution in [2.45, 2.75) is 39.3 Å². The van der Waals surface area contributed by atoms with Crippen LogP contribution in [0.4, 0.5) is 0 Å². The standard InChI is InChI=1S/C11H19N3O2/c1-9-6-12-14(7-9)5-4-10(16)13-11(2,3)8-15/h6-7,15H,4-5,8H2,1-3H3,(H,13,16). The Kier molecular flexibility index (Phi) is 4.06. The van der Waals surface area contributed by atoms with Gasteiger partial charge in [0, 0.05) is 19.2 Å². The molecule has 5 heteroatoms. The maximum atomic E-state index is 11.5. The van der Waals surface area contributed by atoms with Gasteiger partial charge in [0.05, 0.1) is 18.3 Å². The van der Waals surface area contributed by atoms with Crippen LogP contribution in [0.3, 0.4) is 0 Å². The molecule has 1 aromatic heterocycles. The Hall–Kier alpha value is -1.36. The van der Waals surface area contributed by atoms with E-state index in [1.165, 1.54) is 0 Å². The van der Waals surface area contributed by atoms with Crippen molar-refractivity contribution in [3.8, 4) is 0 Å². The molecule has 5 nitrogen and oxygen atoms in total. The second-order valence-electron chi connectivity index (χ2n) is 4.62. The highest BCUT2D eigenvalue weighted by Crippen LogP contribution is 2.01. The van der Waals surface area contributed by atoms with Crippen molar-refractivity contribution in [1.29, 1.82) is 0 Å². The summed E-state index contributed by atoms with van der Waals surface area (Å²) in [6.45, 7) is 6.01. The van der Waals surface area contributed by atoms with E-state index in [1.54, 1.807) is 24.7 Å². The Bertz CT molecular complexity index is 358. The van der Waals surface area contributed by atoms with Gasteiger partial charge in [0.1, 0.15) is 0 Å². The molecule has 0 aliphatic carbocycles. The van der Waals surface area contributed by atoms with Crippen LogP contribution >= 0.6 is 0 Å². The molecule has 0 aliphatic rings. The van der Waals surface area contributed by atoms with Crippen LogP contribution in [-0.2, 0) is 11.3 Å². The fourth-order valence-electron chi connectivity index (χ4n) is 1.28. The van der Waals surface area contributed by atoms with Crippen molar-refractivity contribution >= 4 is 5.91 Å². The Morgan fingerprint density at radius 2 is 2.31 bits per heavy atom. The molecule has 2 N–H and O–H groups in total. The molecule has 16 heavy (non-hydrogen) atoms. The molecule has 0 fully saturated rings. The molecular formula is C11H19N3O2. The van der Waals surface area contributed by atoms with Gasteiger partial charge < -0.3 is 10.4 Å². The lowest BCUT2D eigenvalue weighted by molar-refractivity contribution is -0.123. The van der Waals surface area contributed by atoms with E-state index in [2.05, 4.69) is 10.4 Å². The van der Waals surface area contributed by atoms with Crippen LogP contribution in [-0.4, -0.2) is 32.9 Å². The average Bonchev–Trinajstić information content (AvgIpc) is 2.61. The number of carbonyl (C=O) groups is 1. The molecule has 0 saturated carbocycles.